The third-order valence-corrected chi connectivity index (χ3v) is 3.23. The van der Waals surface area contributed by atoms with Gasteiger partial charge in [-0.3, -0.25) is 10.1 Å². The maximum Gasteiger partial charge on any atom is 0.373 e. The van der Waals surface area contributed by atoms with Gasteiger partial charge in [0.2, 0.25) is 0 Å². The van der Waals surface area contributed by atoms with Crippen LogP contribution >= 0.6 is 11.3 Å². The highest BCUT2D eigenvalue weighted by molar-refractivity contribution is 7.12. The lowest BCUT2D eigenvalue weighted by molar-refractivity contribution is -0.385. The summed E-state index contributed by atoms with van der Waals surface area (Å²) in [6, 6.07) is 0. The smallest absolute Gasteiger partial charge is 0.258 e. The van der Waals surface area contributed by atoms with Gasteiger partial charge in [-0.2, -0.15) is 9.59 Å². The second-order valence-electron chi connectivity index (χ2n) is 2.75. The van der Waals surface area contributed by atoms with Gasteiger partial charge in [-0.1, -0.05) is 6.92 Å². The molecule has 0 aliphatic heterocycles. The molecule has 0 fully saturated rings. The van der Waals surface area contributed by atoms with Crippen molar-refractivity contribution >= 4 is 23.2 Å². The molecule has 1 aromatic heterocycles. The first-order chi connectivity index (χ1) is 6.99. The van der Waals surface area contributed by atoms with Crippen LogP contribution in [-0.2, 0) is 16.0 Å². The summed E-state index contributed by atoms with van der Waals surface area (Å²) in [6.45, 7) is 5.64. The summed E-state index contributed by atoms with van der Waals surface area (Å²) >= 11 is 1.53. The number of hydrogen-bond acceptors (Lipinski definition) is 5. The van der Waals surface area contributed by atoms with E-state index in [0.29, 0.717) is 5.69 Å². The minimum absolute atomic E-state index is 0.250. The predicted octanol–water partition coefficient (Wildman–Crippen LogP) is 2.25. The Morgan fingerprint density at radius 2 is 1.87 bits per heavy atom. The number of rotatable bonds is 2. The number of nitro groups is 1. The molecule has 0 aliphatic rings. The molecule has 0 atom stereocenters. The molecule has 0 amide bonds. The normalized spacial score (nSPS) is 8.73. The first-order valence-corrected chi connectivity index (χ1v) is 5.03. The molecule has 0 saturated heterocycles. The standard InChI is InChI=1S/C8H11NO2S.CO2/c1-4-7-5(2)8(9(10)11)6(3)12-7;2-1-3/h4H2,1-3H3;. The van der Waals surface area contributed by atoms with E-state index in [-0.39, 0.29) is 11.1 Å². The number of aryl methyl sites for hydroxylation is 2. The van der Waals surface area contributed by atoms with Gasteiger partial charge in [0.15, 0.2) is 0 Å². The molecule has 0 N–H and O–H groups in total. The Balaban J connectivity index is 0.000000583. The van der Waals surface area contributed by atoms with Crippen molar-refractivity contribution < 1.29 is 14.5 Å². The lowest BCUT2D eigenvalue weighted by atomic mass is 10.2. The minimum atomic E-state index is -0.291. The molecule has 5 nitrogen and oxygen atoms in total. The van der Waals surface area contributed by atoms with Crippen LogP contribution in [0.25, 0.3) is 0 Å². The lowest BCUT2D eigenvalue weighted by Gasteiger charge is -1.91. The summed E-state index contributed by atoms with van der Waals surface area (Å²) < 4.78 is 0. The first-order valence-electron chi connectivity index (χ1n) is 4.22. The first kappa shape index (κ1) is 13.5. The average molecular weight is 229 g/mol. The van der Waals surface area contributed by atoms with E-state index >= 15 is 0 Å². The van der Waals surface area contributed by atoms with Crippen molar-refractivity contribution in [3.05, 3.63) is 25.4 Å². The molecule has 0 saturated carbocycles. The quantitative estimate of drug-likeness (QED) is 0.575. The number of thiophene rings is 1. The molecule has 15 heavy (non-hydrogen) atoms. The third-order valence-electron chi connectivity index (χ3n) is 1.89. The molecule has 0 bridgehead atoms. The minimum Gasteiger partial charge on any atom is -0.258 e. The third kappa shape index (κ3) is 3.27. The highest BCUT2D eigenvalue weighted by Gasteiger charge is 2.20. The van der Waals surface area contributed by atoms with Crippen molar-refractivity contribution in [3.63, 3.8) is 0 Å². The van der Waals surface area contributed by atoms with Crippen LogP contribution in [-0.4, -0.2) is 11.1 Å². The van der Waals surface area contributed by atoms with Crippen LogP contribution in [0.1, 0.15) is 22.2 Å². The summed E-state index contributed by atoms with van der Waals surface area (Å²) in [5.74, 6) is 0. The molecule has 0 aliphatic carbocycles. The predicted molar refractivity (Wildman–Crippen MR) is 54.8 cm³/mol. The second kappa shape index (κ2) is 6.06. The van der Waals surface area contributed by atoms with E-state index in [1.165, 1.54) is 11.3 Å². The molecule has 82 valence electrons. The molecule has 6 heteroatoms. The van der Waals surface area contributed by atoms with E-state index in [0.717, 1.165) is 21.7 Å². The zero-order valence-corrected chi connectivity index (χ0v) is 9.51. The van der Waals surface area contributed by atoms with Crippen LogP contribution in [0.2, 0.25) is 0 Å². The molecule has 0 spiro atoms. The van der Waals surface area contributed by atoms with Gasteiger partial charge in [0.1, 0.15) is 0 Å². The van der Waals surface area contributed by atoms with Crippen molar-refractivity contribution in [2.75, 3.05) is 0 Å². The topological polar surface area (TPSA) is 77.3 Å². The van der Waals surface area contributed by atoms with E-state index in [9.17, 15) is 10.1 Å². The Kier molecular flexibility index (Phi) is 5.44. The highest BCUT2D eigenvalue weighted by Crippen LogP contribution is 2.33. The van der Waals surface area contributed by atoms with Gasteiger partial charge in [-0.05, 0) is 20.3 Å². The fraction of sp³-hybridized carbons (Fsp3) is 0.444. The summed E-state index contributed by atoms with van der Waals surface area (Å²) in [4.78, 5) is 28.5. The Bertz CT molecular complexity index is 391. The van der Waals surface area contributed by atoms with Crippen LogP contribution in [0.3, 0.4) is 0 Å². The molecule has 1 heterocycles. The van der Waals surface area contributed by atoms with Gasteiger partial charge in [0, 0.05) is 10.4 Å². The van der Waals surface area contributed by atoms with E-state index in [2.05, 4.69) is 0 Å². The Morgan fingerprint density at radius 1 is 1.40 bits per heavy atom. The van der Waals surface area contributed by atoms with E-state index in [1.807, 2.05) is 13.8 Å². The fourth-order valence-electron chi connectivity index (χ4n) is 1.31. The molecule has 1 aromatic rings. The average Bonchev–Trinajstić information content (AvgIpc) is 2.42. The van der Waals surface area contributed by atoms with Gasteiger partial charge in [0.05, 0.1) is 9.80 Å². The van der Waals surface area contributed by atoms with Crippen LogP contribution in [0.5, 0.6) is 0 Å². The van der Waals surface area contributed by atoms with Gasteiger partial charge >= 0.3 is 6.15 Å². The Labute approximate surface area is 90.9 Å². The van der Waals surface area contributed by atoms with Gasteiger partial charge < -0.3 is 0 Å². The monoisotopic (exact) mass is 229 g/mol. The van der Waals surface area contributed by atoms with Crippen LogP contribution < -0.4 is 0 Å². The summed E-state index contributed by atoms with van der Waals surface area (Å²) in [7, 11) is 0. The van der Waals surface area contributed by atoms with Crippen LogP contribution in [0.15, 0.2) is 0 Å². The van der Waals surface area contributed by atoms with Crippen molar-refractivity contribution in [1.29, 1.82) is 0 Å². The number of nitrogens with zero attached hydrogens (tertiary/aromatic N) is 1. The Hall–Kier alpha value is -1.52. The zero-order valence-electron chi connectivity index (χ0n) is 8.70. The fourth-order valence-corrected chi connectivity index (χ4v) is 2.40. The molecular formula is C9H11NO4S. The SMILES string of the molecule is CCc1sc(C)c([N+](=O)[O-])c1C.O=C=O. The van der Waals surface area contributed by atoms with Gasteiger partial charge in [-0.25, -0.2) is 0 Å². The van der Waals surface area contributed by atoms with Gasteiger partial charge in [-0.15, -0.1) is 11.3 Å². The molecule has 0 aromatic carbocycles. The largest absolute Gasteiger partial charge is 0.373 e. The summed E-state index contributed by atoms with van der Waals surface area (Å²) in [5, 5.41) is 10.6. The zero-order chi connectivity index (χ0) is 12.0. The maximum atomic E-state index is 10.6. The van der Waals surface area contributed by atoms with Crippen molar-refractivity contribution in [1.82, 2.24) is 0 Å². The van der Waals surface area contributed by atoms with Crippen molar-refractivity contribution in [3.8, 4) is 0 Å². The van der Waals surface area contributed by atoms with Crippen LogP contribution in [0.4, 0.5) is 5.69 Å². The molecule has 1 rings (SSSR count). The second-order valence-corrected chi connectivity index (χ2v) is 4.06. The highest BCUT2D eigenvalue weighted by atomic mass is 32.1. The van der Waals surface area contributed by atoms with E-state index in [4.69, 9.17) is 9.59 Å². The molecule has 0 unspecified atom stereocenters. The van der Waals surface area contributed by atoms with Crippen molar-refractivity contribution in [2.24, 2.45) is 0 Å². The summed E-state index contributed by atoms with van der Waals surface area (Å²) in [5.41, 5.74) is 1.14. The van der Waals surface area contributed by atoms with E-state index in [1.54, 1.807) is 6.92 Å². The molecular weight excluding hydrogens is 218 g/mol. The lowest BCUT2D eigenvalue weighted by Crippen LogP contribution is -1.90. The maximum absolute atomic E-state index is 10.6. The van der Waals surface area contributed by atoms with Crippen LogP contribution in [0, 0.1) is 24.0 Å². The molecule has 0 radical (unpaired) electrons. The summed E-state index contributed by atoms with van der Waals surface area (Å²) in [6.07, 6.45) is 1.13. The van der Waals surface area contributed by atoms with Gasteiger partial charge in [0.25, 0.3) is 5.69 Å². The number of carbonyl (C=O) groups excluding carboxylic acids is 2. The van der Waals surface area contributed by atoms with Crippen molar-refractivity contribution in [2.45, 2.75) is 27.2 Å². The Morgan fingerprint density at radius 3 is 2.07 bits per heavy atom. The van der Waals surface area contributed by atoms with E-state index < -0.39 is 0 Å². The number of hydrogen-bond donors (Lipinski definition) is 0.